The van der Waals surface area contributed by atoms with Crippen molar-refractivity contribution in [1.29, 1.82) is 0 Å². The van der Waals surface area contributed by atoms with Crippen LogP contribution in [0, 0.1) is 0 Å². The Balaban J connectivity index is 1.79. The molecule has 0 bridgehead atoms. The molecule has 0 aliphatic carbocycles. The standard InChI is InChI=1S/C19H26Cl2N6/c1-18(2)8-12(9-19(3,4)27-18)26-17-15(22)16(23-10-24-17)25-11-5-6-13(20)14(21)7-11/h5-7,10,12,27H,8-9,22H2,1-4H3,(H2,23,24,25,26). The van der Waals surface area contributed by atoms with Crippen LogP contribution in [0.5, 0.6) is 0 Å². The van der Waals surface area contributed by atoms with E-state index < -0.39 is 0 Å². The van der Waals surface area contributed by atoms with Crippen LogP contribution in [0.25, 0.3) is 0 Å². The first kappa shape index (κ1) is 20.0. The molecule has 0 atom stereocenters. The van der Waals surface area contributed by atoms with E-state index in [1.54, 1.807) is 12.1 Å². The highest BCUT2D eigenvalue weighted by Gasteiger charge is 2.37. The number of aromatic nitrogens is 2. The molecule has 3 rings (SSSR count). The Labute approximate surface area is 170 Å². The normalized spacial score (nSPS) is 18.9. The number of rotatable bonds is 4. The van der Waals surface area contributed by atoms with Crippen LogP contribution in [-0.2, 0) is 0 Å². The molecule has 0 spiro atoms. The predicted octanol–water partition coefficient (Wildman–Crippen LogP) is 4.83. The van der Waals surface area contributed by atoms with E-state index in [9.17, 15) is 0 Å². The third-order valence-corrected chi connectivity index (χ3v) is 5.34. The molecule has 6 nitrogen and oxygen atoms in total. The van der Waals surface area contributed by atoms with Gasteiger partial charge in [-0.2, -0.15) is 0 Å². The van der Waals surface area contributed by atoms with Gasteiger partial charge in [-0.25, -0.2) is 9.97 Å². The maximum absolute atomic E-state index is 6.33. The smallest absolute Gasteiger partial charge is 0.159 e. The Morgan fingerprint density at radius 1 is 1.04 bits per heavy atom. The van der Waals surface area contributed by atoms with Crippen LogP contribution in [0.15, 0.2) is 24.5 Å². The van der Waals surface area contributed by atoms with Crippen molar-refractivity contribution >= 4 is 46.2 Å². The van der Waals surface area contributed by atoms with Crippen LogP contribution in [0.2, 0.25) is 10.0 Å². The highest BCUT2D eigenvalue weighted by Crippen LogP contribution is 2.33. The average Bonchev–Trinajstić information content (AvgIpc) is 2.52. The number of nitrogens with two attached hydrogens (primary N) is 1. The Morgan fingerprint density at radius 3 is 2.30 bits per heavy atom. The Hall–Kier alpha value is -1.76. The number of nitrogens with one attached hydrogen (secondary N) is 3. The molecule has 5 N–H and O–H groups in total. The Bertz CT molecular complexity index is 821. The summed E-state index contributed by atoms with van der Waals surface area (Å²) < 4.78 is 0. The quantitative estimate of drug-likeness (QED) is 0.579. The molecule has 1 aromatic heterocycles. The lowest BCUT2D eigenvalue weighted by atomic mass is 9.79. The highest BCUT2D eigenvalue weighted by molar-refractivity contribution is 6.42. The van der Waals surface area contributed by atoms with E-state index in [4.69, 9.17) is 28.9 Å². The first-order chi connectivity index (χ1) is 12.5. The topological polar surface area (TPSA) is 87.9 Å². The Morgan fingerprint density at radius 2 is 1.67 bits per heavy atom. The summed E-state index contributed by atoms with van der Waals surface area (Å²) >= 11 is 12.0. The van der Waals surface area contributed by atoms with E-state index in [0.717, 1.165) is 18.5 Å². The monoisotopic (exact) mass is 408 g/mol. The molecular formula is C19H26Cl2N6. The van der Waals surface area contributed by atoms with Gasteiger partial charge in [0.25, 0.3) is 0 Å². The van der Waals surface area contributed by atoms with Crippen molar-refractivity contribution in [3.8, 4) is 0 Å². The summed E-state index contributed by atoms with van der Waals surface area (Å²) in [5, 5.41) is 11.3. The van der Waals surface area contributed by atoms with Crippen LogP contribution in [0.1, 0.15) is 40.5 Å². The number of hydrogen-bond acceptors (Lipinski definition) is 6. The highest BCUT2D eigenvalue weighted by atomic mass is 35.5. The van der Waals surface area contributed by atoms with Crippen LogP contribution in [0.3, 0.4) is 0 Å². The summed E-state index contributed by atoms with van der Waals surface area (Å²) in [6, 6.07) is 5.53. The number of halogens is 2. The molecule has 0 unspecified atom stereocenters. The summed E-state index contributed by atoms with van der Waals surface area (Å²) in [5.41, 5.74) is 7.61. The summed E-state index contributed by atoms with van der Waals surface area (Å²) in [6.07, 6.45) is 3.43. The van der Waals surface area contributed by atoms with E-state index in [1.807, 2.05) is 6.07 Å². The summed E-state index contributed by atoms with van der Waals surface area (Å²) in [6.45, 7) is 8.85. The molecule has 2 aromatic rings. The van der Waals surface area contributed by atoms with E-state index in [-0.39, 0.29) is 17.1 Å². The zero-order valence-corrected chi connectivity index (χ0v) is 17.5. The predicted molar refractivity (Wildman–Crippen MR) is 114 cm³/mol. The van der Waals surface area contributed by atoms with Crippen molar-refractivity contribution in [2.45, 2.75) is 57.7 Å². The minimum absolute atomic E-state index is 0.0301. The van der Waals surface area contributed by atoms with Crippen LogP contribution in [-0.4, -0.2) is 27.1 Å². The van der Waals surface area contributed by atoms with Crippen molar-refractivity contribution < 1.29 is 0 Å². The van der Waals surface area contributed by atoms with Crippen molar-refractivity contribution in [3.05, 3.63) is 34.6 Å². The van der Waals surface area contributed by atoms with Gasteiger partial charge in [0, 0.05) is 22.8 Å². The molecule has 8 heteroatoms. The molecule has 0 saturated carbocycles. The first-order valence-corrected chi connectivity index (χ1v) is 9.69. The fraction of sp³-hybridized carbons (Fsp3) is 0.474. The zero-order chi connectivity index (χ0) is 19.8. The molecule has 2 heterocycles. The molecule has 1 aliphatic heterocycles. The minimum atomic E-state index is 0.0301. The zero-order valence-electron chi connectivity index (χ0n) is 16.0. The maximum atomic E-state index is 6.33. The van der Waals surface area contributed by atoms with Crippen molar-refractivity contribution in [3.63, 3.8) is 0 Å². The van der Waals surface area contributed by atoms with E-state index in [2.05, 4.69) is 53.6 Å². The SMILES string of the molecule is CC1(C)CC(Nc2ncnc(Nc3ccc(Cl)c(Cl)c3)c2N)CC(C)(C)N1. The van der Waals surface area contributed by atoms with Gasteiger partial charge in [0.05, 0.1) is 10.0 Å². The molecule has 0 radical (unpaired) electrons. The van der Waals surface area contributed by atoms with Gasteiger partial charge in [0.1, 0.15) is 12.0 Å². The molecule has 0 amide bonds. The summed E-state index contributed by atoms with van der Waals surface area (Å²) in [4.78, 5) is 8.61. The second-order valence-corrected chi connectivity index (χ2v) is 9.20. The molecule has 1 aliphatic rings. The minimum Gasteiger partial charge on any atom is -0.393 e. The molecule has 27 heavy (non-hydrogen) atoms. The van der Waals surface area contributed by atoms with Gasteiger partial charge in [-0.1, -0.05) is 23.2 Å². The van der Waals surface area contributed by atoms with Gasteiger partial charge in [0.2, 0.25) is 0 Å². The summed E-state index contributed by atoms with van der Waals surface area (Å²) in [7, 11) is 0. The van der Waals surface area contributed by atoms with Crippen molar-refractivity contribution in [2.75, 3.05) is 16.4 Å². The van der Waals surface area contributed by atoms with E-state index >= 15 is 0 Å². The number of benzene rings is 1. The number of hydrogen-bond donors (Lipinski definition) is 4. The number of piperidine rings is 1. The number of anilines is 4. The second kappa shape index (κ2) is 7.34. The third-order valence-electron chi connectivity index (χ3n) is 4.60. The van der Waals surface area contributed by atoms with Gasteiger partial charge in [-0.3, -0.25) is 0 Å². The summed E-state index contributed by atoms with van der Waals surface area (Å²) in [5.74, 6) is 1.16. The van der Waals surface area contributed by atoms with E-state index in [0.29, 0.717) is 27.4 Å². The second-order valence-electron chi connectivity index (χ2n) is 8.38. The van der Waals surface area contributed by atoms with Gasteiger partial charge < -0.3 is 21.7 Å². The molecule has 1 saturated heterocycles. The third kappa shape index (κ3) is 4.94. The maximum Gasteiger partial charge on any atom is 0.159 e. The van der Waals surface area contributed by atoms with Gasteiger partial charge in [-0.15, -0.1) is 0 Å². The lowest BCUT2D eigenvalue weighted by molar-refractivity contribution is 0.170. The lowest BCUT2D eigenvalue weighted by Crippen LogP contribution is -2.60. The van der Waals surface area contributed by atoms with Gasteiger partial charge >= 0.3 is 0 Å². The molecule has 146 valence electrons. The molecule has 1 aromatic carbocycles. The average molecular weight is 409 g/mol. The number of nitrogen functional groups attached to an aromatic ring is 1. The van der Waals surface area contributed by atoms with Crippen LogP contribution < -0.4 is 21.7 Å². The van der Waals surface area contributed by atoms with Crippen molar-refractivity contribution in [2.24, 2.45) is 0 Å². The van der Waals surface area contributed by atoms with Gasteiger partial charge in [0.15, 0.2) is 11.6 Å². The largest absolute Gasteiger partial charge is 0.393 e. The molecular weight excluding hydrogens is 383 g/mol. The lowest BCUT2D eigenvalue weighted by Gasteiger charge is -2.46. The van der Waals surface area contributed by atoms with Crippen LogP contribution in [0.4, 0.5) is 23.0 Å². The Kier molecular flexibility index (Phi) is 5.43. The van der Waals surface area contributed by atoms with Crippen molar-refractivity contribution in [1.82, 2.24) is 15.3 Å². The van der Waals surface area contributed by atoms with Gasteiger partial charge in [-0.05, 0) is 58.7 Å². The molecule has 1 fully saturated rings. The van der Waals surface area contributed by atoms with Crippen LogP contribution >= 0.6 is 23.2 Å². The number of nitrogens with zero attached hydrogens (tertiary/aromatic N) is 2. The first-order valence-electron chi connectivity index (χ1n) is 8.93. The fourth-order valence-corrected chi connectivity index (χ4v) is 4.24. The fourth-order valence-electron chi connectivity index (χ4n) is 3.94. The van der Waals surface area contributed by atoms with E-state index in [1.165, 1.54) is 6.33 Å².